The molecular weight excluding hydrogens is 256 g/mol. The van der Waals surface area contributed by atoms with E-state index in [1.54, 1.807) is 11.3 Å². The Labute approximate surface area is 118 Å². The Kier molecular flexibility index (Phi) is 4.96. The fourth-order valence-electron chi connectivity index (χ4n) is 2.21. The molecule has 0 fully saturated rings. The van der Waals surface area contributed by atoms with Crippen molar-refractivity contribution in [1.82, 2.24) is 5.43 Å². The summed E-state index contributed by atoms with van der Waals surface area (Å²) in [5.74, 6) is 6.68. The van der Waals surface area contributed by atoms with Gasteiger partial charge in [-0.15, -0.1) is 11.3 Å². The second-order valence-corrected chi connectivity index (χ2v) is 5.18. The molecule has 0 radical (unpaired) electrons. The zero-order chi connectivity index (χ0) is 13.7. The summed E-state index contributed by atoms with van der Waals surface area (Å²) in [5, 5.41) is 2.11. The Morgan fingerprint density at radius 2 is 2.05 bits per heavy atom. The quantitative estimate of drug-likeness (QED) is 0.629. The number of para-hydroxylation sites is 1. The topological polar surface area (TPSA) is 47.3 Å². The van der Waals surface area contributed by atoms with Crippen LogP contribution in [0.3, 0.4) is 0 Å². The summed E-state index contributed by atoms with van der Waals surface area (Å²) in [6, 6.07) is 10.2. The largest absolute Gasteiger partial charge is 0.494 e. The zero-order valence-corrected chi connectivity index (χ0v) is 12.2. The number of nitrogens with two attached hydrogens (primary N) is 1. The third kappa shape index (κ3) is 2.97. The lowest BCUT2D eigenvalue weighted by Crippen LogP contribution is -2.29. The summed E-state index contributed by atoms with van der Waals surface area (Å²) in [7, 11) is 0. The second-order valence-electron chi connectivity index (χ2n) is 4.23. The average molecular weight is 276 g/mol. The van der Waals surface area contributed by atoms with Gasteiger partial charge in [-0.25, -0.2) is 5.43 Å². The van der Waals surface area contributed by atoms with Gasteiger partial charge in [0.05, 0.1) is 12.6 Å². The van der Waals surface area contributed by atoms with Crippen molar-refractivity contribution in [2.45, 2.75) is 26.3 Å². The molecule has 2 aromatic rings. The summed E-state index contributed by atoms with van der Waals surface area (Å²) in [4.78, 5) is 1.26. The van der Waals surface area contributed by atoms with E-state index in [0.29, 0.717) is 6.61 Å². The van der Waals surface area contributed by atoms with Crippen molar-refractivity contribution < 1.29 is 4.74 Å². The molecule has 0 saturated carbocycles. The van der Waals surface area contributed by atoms with Crippen LogP contribution in [0, 0.1) is 0 Å². The van der Waals surface area contributed by atoms with Gasteiger partial charge in [-0.3, -0.25) is 5.84 Å². The van der Waals surface area contributed by atoms with Gasteiger partial charge in [-0.05, 0) is 36.4 Å². The van der Waals surface area contributed by atoms with Crippen molar-refractivity contribution in [3.63, 3.8) is 0 Å². The first kappa shape index (κ1) is 14.1. The van der Waals surface area contributed by atoms with Crippen LogP contribution in [0.1, 0.15) is 35.9 Å². The lowest BCUT2D eigenvalue weighted by atomic mass is 10.0. The predicted molar refractivity (Wildman–Crippen MR) is 80.5 cm³/mol. The van der Waals surface area contributed by atoms with Crippen LogP contribution in [-0.2, 0) is 6.42 Å². The minimum atomic E-state index is -0.0160. The van der Waals surface area contributed by atoms with E-state index in [1.807, 2.05) is 25.1 Å². The molecule has 19 heavy (non-hydrogen) atoms. The first-order chi connectivity index (χ1) is 9.31. The summed E-state index contributed by atoms with van der Waals surface area (Å²) >= 11 is 1.73. The Morgan fingerprint density at radius 1 is 1.26 bits per heavy atom. The van der Waals surface area contributed by atoms with Gasteiger partial charge in [0.1, 0.15) is 5.75 Å². The van der Waals surface area contributed by atoms with Crippen molar-refractivity contribution in [2.24, 2.45) is 5.84 Å². The molecule has 0 amide bonds. The number of aryl methyl sites for hydroxylation is 1. The molecule has 2 rings (SSSR count). The highest BCUT2D eigenvalue weighted by Gasteiger charge is 2.20. The maximum atomic E-state index is 5.79. The van der Waals surface area contributed by atoms with Crippen molar-refractivity contribution in [3.05, 3.63) is 51.7 Å². The number of hydrazine groups is 1. The zero-order valence-electron chi connectivity index (χ0n) is 11.3. The highest BCUT2D eigenvalue weighted by atomic mass is 32.1. The molecule has 0 aliphatic rings. The lowest BCUT2D eigenvalue weighted by molar-refractivity contribution is 0.333. The molecule has 4 heteroatoms. The molecule has 0 bridgehead atoms. The number of hydrogen-bond donors (Lipinski definition) is 2. The van der Waals surface area contributed by atoms with Crippen molar-refractivity contribution in [3.8, 4) is 5.75 Å². The number of hydrogen-bond acceptors (Lipinski definition) is 4. The van der Waals surface area contributed by atoms with E-state index in [-0.39, 0.29) is 6.04 Å². The lowest BCUT2D eigenvalue weighted by Gasteiger charge is -2.20. The SMILES string of the molecule is CCOc1ccccc1C(NN)c1sccc1CC. The van der Waals surface area contributed by atoms with Gasteiger partial charge in [0, 0.05) is 10.4 Å². The third-order valence-electron chi connectivity index (χ3n) is 3.12. The van der Waals surface area contributed by atoms with E-state index in [0.717, 1.165) is 17.7 Å². The molecule has 1 unspecified atom stereocenters. The summed E-state index contributed by atoms with van der Waals surface area (Å²) in [6.45, 7) is 4.80. The minimum absolute atomic E-state index is 0.0160. The first-order valence-electron chi connectivity index (χ1n) is 6.55. The first-order valence-corrected chi connectivity index (χ1v) is 7.43. The van der Waals surface area contributed by atoms with E-state index in [9.17, 15) is 0 Å². The molecular formula is C15H20N2OS. The molecule has 0 saturated heterocycles. The Hall–Kier alpha value is -1.36. The van der Waals surface area contributed by atoms with Gasteiger partial charge in [0.2, 0.25) is 0 Å². The Balaban J connectivity index is 2.42. The Morgan fingerprint density at radius 3 is 2.74 bits per heavy atom. The molecule has 3 N–H and O–H groups in total. The monoisotopic (exact) mass is 276 g/mol. The van der Waals surface area contributed by atoms with Crippen LogP contribution in [0.25, 0.3) is 0 Å². The number of rotatable bonds is 6. The molecule has 1 heterocycles. The molecule has 1 atom stereocenters. The smallest absolute Gasteiger partial charge is 0.124 e. The van der Waals surface area contributed by atoms with E-state index < -0.39 is 0 Å². The predicted octanol–water partition coefficient (Wildman–Crippen LogP) is 3.26. The number of nitrogens with one attached hydrogen (secondary N) is 1. The van der Waals surface area contributed by atoms with Crippen LogP contribution < -0.4 is 16.0 Å². The number of ether oxygens (including phenoxy) is 1. The highest BCUT2D eigenvalue weighted by molar-refractivity contribution is 7.10. The normalized spacial score (nSPS) is 12.4. The minimum Gasteiger partial charge on any atom is -0.494 e. The summed E-state index contributed by atoms with van der Waals surface area (Å²) in [5.41, 5.74) is 5.34. The van der Waals surface area contributed by atoms with Gasteiger partial charge in [-0.1, -0.05) is 25.1 Å². The standard InChI is InChI=1S/C15H20N2OS/c1-3-11-9-10-19-15(11)14(17-16)12-7-5-6-8-13(12)18-4-2/h5-10,14,17H,3-4,16H2,1-2H3. The molecule has 0 spiro atoms. The van der Waals surface area contributed by atoms with E-state index >= 15 is 0 Å². The van der Waals surface area contributed by atoms with Gasteiger partial charge < -0.3 is 4.74 Å². The van der Waals surface area contributed by atoms with Gasteiger partial charge in [-0.2, -0.15) is 0 Å². The molecule has 102 valence electrons. The summed E-state index contributed by atoms with van der Waals surface area (Å²) in [6.07, 6.45) is 1.01. The van der Waals surface area contributed by atoms with Gasteiger partial charge in [0.15, 0.2) is 0 Å². The van der Waals surface area contributed by atoms with Gasteiger partial charge in [0.25, 0.3) is 0 Å². The third-order valence-corrected chi connectivity index (χ3v) is 4.14. The number of benzene rings is 1. The maximum Gasteiger partial charge on any atom is 0.124 e. The maximum absolute atomic E-state index is 5.79. The fraction of sp³-hybridized carbons (Fsp3) is 0.333. The van der Waals surface area contributed by atoms with E-state index in [1.165, 1.54) is 10.4 Å². The molecule has 0 aliphatic heterocycles. The van der Waals surface area contributed by atoms with Crippen LogP contribution in [0.2, 0.25) is 0 Å². The van der Waals surface area contributed by atoms with Gasteiger partial charge >= 0.3 is 0 Å². The van der Waals surface area contributed by atoms with E-state index in [2.05, 4.69) is 29.9 Å². The summed E-state index contributed by atoms with van der Waals surface area (Å²) < 4.78 is 5.70. The average Bonchev–Trinajstić information content (AvgIpc) is 2.90. The van der Waals surface area contributed by atoms with E-state index in [4.69, 9.17) is 10.6 Å². The van der Waals surface area contributed by atoms with Crippen LogP contribution >= 0.6 is 11.3 Å². The van der Waals surface area contributed by atoms with Crippen LogP contribution in [0.5, 0.6) is 5.75 Å². The Bertz CT molecular complexity index is 524. The highest BCUT2D eigenvalue weighted by Crippen LogP contribution is 2.34. The van der Waals surface area contributed by atoms with Crippen LogP contribution in [0.15, 0.2) is 35.7 Å². The molecule has 0 aliphatic carbocycles. The van der Waals surface area contributed by atoms with Crippen molar-refractivity contribution >= 4 is 11.3 Å². The fourth-order valence-corrected chi connectivity index (χ4v) is 3.28. The molecule has 1 aromatic carbocycles. The molecule has 1 aromatic heterocycles. The van der Waals surface area contributed by atoms with Crippen LogP contribution in [-0.4, -0.2) is 6.61 Å². The second kappa shape index (κ2) is 6.70. The van der Waals surface area contributed by atoms with Crippen molar-refractivity contribution in [1.29, 1.82) is 0 Å². The molecule has 3 nitrogen and oxygen atoms in total. The van der Waals surface area contributed by atoms with Crippen LogP contribution in [0.4, 0.5) is 0 Å². The van der Waals surface area contributed by atoms with Crippen molar-refractivity contribution in [2.75, 3.05) is 6.61 Å². The number of thiophene rings is 1.